The summed E-state index contributed by atoms with van der Waals surface area (Å²) in [7, 11) is 0. The molecule has 0 saturated carbocycles. The van der Waals surface area contributed by atoms with Gasteiger partial charge >= 0.3 is 0 Å². The third-order valence-electron chi connectivity index (χ3n) is 2.59. The van der Waals surface area contributed by atoms with Crippen LogP contribution in [0.5, 0.6) is 0 Å². The third-order valence-corrected chi connectivity index (χ3v) is 3.33. The predicted molar refractivity (Wildman–Crippen MR) is 55.4 cm³/mol. The van der Waals surface area contributed by atoms with Gasteiger partial charge in [0.2, 0.25) is 5.91 Å². The molecule has 0 N–H and O–H groups in total. The first kappa shape index (κ1) is 8.75. The number of hydrogen-bond donors (Lipinski definition) is 0. The number of rotatable bonds is 0. The molecule has 1 aromatic heterocycles. The van der Waals surface area contributed by atoms with E-state index in [0.29, 0.717) is 0 Å². The maximum Gasteiger partial charge on any atom is 0.223 e. The van der Waals surface area contributed by atoms with Crippen molar-refractivity contribution in [2.24, 2.45) is 0 Å². The van der Waals surface area contributed by atoms with Crippen molar-refractivity contribution in [3.63, 3.8) is 0 Å². The minimum Gasteiger partial charge on any atom is -0.311 e. The van der Waals surface area contributed by atoms with E-state index in [4.69, 9.17) is 0 Å². The average Bonchev–Trinajstić information content (AvgIpc) is 2.53. The fraction of sp³-hybridized carbons (Fsp3) is 0.500. The molecule has 0 aliphatic carbocycles. The van der Waals surface area contributed by atoms with Gasteiger partial charge in [-0.25, -0.2) is 0 Å². The number of amides is 1. The minimum absolute atomic E-state index is 0.126. The second kappa shape index (κ2) is 2.58. The first-order valence-corrected chi connectivity index (χ1v) is 5.31. The SMILES string of the molecule is CC(=O)N1CC(C)(C)c2cscc21. The second-order valence-corrected chi connectivity index (χ2v) is 4.90. The summed E-state index contributed by atoms with van der Waals surface area (Å²) in [5.74, 6) is 0.144. The maximum absolute atomic E-state index is 11.3. The highest BCUT2D eigenvalue weighted by molar-refractivity contribution is 7.08. The van der Waals surface area contributed by atoms with Gasteiger partial charge in [-0.15, -0.1) is 11.3 Å². The highest BCUT2D eigenvalue weighted by Crippen LogP contribution is 2.42. The van der Waals surface area contributed by atoms with E-state index in [1.807, 2.05) is 4.90 Å². The molecule has 2 nitrogen and oxygen atoms in total. The smallest absolute Gasteiger partial charge is 0.223 e. The van der Waals surface area contributed by atoms with E-state index in [1.54, 1.807) is 18.3 Å². The van der Waals surface area contributed by atoms with E-state index >= 15 is 0 Å². The summed E-state index contributed by atoms with van der Waals surface area (Å²) < 4.78 is 0. The van der Waals surface area contributed by atoms with Crippen molar-refractivity contribution in [2.75, 3.05) is 11.4 Å². The Hall–Kier alpha value is -0.830. The highest BCUT2D eigenvalue weighted by atomic mass is 32.1. The van der Waals surface area contributed by atoms with Crippen LogP contribution >= 0.6 is 11.3 Å². The maximum atomic E-state index is 11.3. The molecule has 2 rings (SSSR count). The lowest BCUT2D eigenvalue weighted by atomic mass is 9.89. The lowest BCUT2D eigenvalue weighted by molar-refractivity contribution is -0.116. The number of hydrogen-bond acceptors (Lipinski definition) is 2. The van der Waals surface area contributed by atoms with E-state index in [0.717, 1.165) is 12.2 Å². The van der Waals surface area contributed by atoms with Gasteiger partial charge in [0.25, 0.3) is 0 Å². The normalized spacial score (nSPS) is 18.8. The predicted octanol–water partition coefficient (Wildman–Crippen LogP) is 2.39. The summed E-state index contributed by atoms with van der Waals surface area (Å²) in [4.78, 5) is 13.2. The molecular weight excluding hydrogens is 182 g/mol. The molecule has 0 unspecified atom stereocenters. The van der Waals surface area contributed by atoms with Crippen molar-refractivity contribution in [2.45, 2.75) is 26.2 Å². The Morgan fingerprint density at radius 1 is 1.54 bits per heavy atom. The molecule has 13 heavy (non-hydrogen) atoms. The lowest BCUT2D eigenvalue weighted by Crippen LogP contribution is -2.32. The summed E-state index contributed by atoms with van der Waals surface area (Å²) in [6, 6.07) is 0. The lowest BCUT2D eigenvalue weighted by Gasteiger charge is -2.19. The molecule has 0 spiro atoms. The van der Waals surface area contributed by atoms with Crippen LogP contribution < -0.4 is 4.90 Å². The van der Waals surface area contributed by atoms with Crippen LogP contribution in [-0.2, 0) is 10.2 Å². The van der Waals surface area contributed by atoms with Crippen LogP contribution in [0.3, 0.4) is 0 Å². The molecule has 1 aliphatic heterocycles. The van der Waals surface area contributed by atoms with Crippen LogP contribution in [0.2, 0.25) is 0 Å². The van der Waals surface area contributed by atoms with Gasteiger partial charge in [-0.05, 0) is 10.9 Å². The van der Waals surface area contributed by atoms with Gasteiger partial charge in [-0.2, -0.15) is 0 Å². The largest absolute Gasteiger partial charge is 0.311 e. The van der Waals surface area contributed by atoms with Gasteiger partial charge in [-0.3, -0.25) is 4.79 Å². The van der Waals surface area contributed by atoms with Crippen LogP contribution in [0.4, 0.5) is 5.69 Å². The first-order valence-electron chi connectivity index (χ1n) is 4.37. The van der Waals surface area contributed by atoms with Crippen LogP contribution in [0, 0.1) is 0 Å². The molecular formula is C10H13NOS. The summed E-state index contributed by atoms with van der Waals surface area (Å²) in [5.41, 5.74) is 2.55. The molecule has 1 aromatic rings. The first-order chi connectivity index (χ1) is 6.02. The van der Waals surface area contributed by atoms with Crippen molar-refractivity contribution in [3.8, 4) is 0 Å². The second-order valence-electron chi connectivity index (χ2n) is 4.16. The number of carbonyl (C=O) groups excluding carboxylic acids is 1. The number of fused-ring (bicyclic) bond motifs is 1. The van der Waals surface area contributed by atoms with E-state index in [9.17, 15) is 4.79 Å². The van der Waals surface area contributed by atoms with Gasteiger partial charge in [0.05, 0.1) is 5.69 Å². The van der Waals surface area contributed by atoms with Gasteiger partial charge in [0.1, 0.15) is 0 Å². The molecule has 0 atom stereocenters. The molecule has 0 radical (unpaired) electrons. The number of thiophene rings is 1. The monoisotopic (exact) mass is 195 g/mol. The molecule has 0 saturated heterocycles. The molecule has 0 bridgehead atoms. The molecule has 3 heteroatoms. The molecule has 70 valence electrons. The number of carbonyl (C=O) groups is 1. The van der Waals surface area contributed by atoms with E-state index in [-0.39, 0.29) is 11.3 Å². The van der Waals surface area contributed by atoms with E-state index in [1.165, 1.54) is 5.56 Å². The van der Waals surface area contributed by atoms with Gasteiger partial charge in [0, 0.05) is 24.3 Å². The molecule has 1 aliphatic rings. The summed E-state index contributed by atoms with van der Waals surface area (Å²) in [6.45, 7) is 6.81. The fourth-order valence-corrected chi connectivity index (χ4v) is 2.88. The zero-order chi connectivity index (χ0) is 9.64. The number of anilines is 1. The quantitative estimate of drug-likeness (QED) is 0.622. The van der Waals surface area contributed by atoms with Gasteiger partial charge in [-0.1, -0.05) is 13.8 Å². The van der Waals surface area contributed by atoms with Crippen LogP contribution in [0.25, 0.3) is 0 Å². The molecule has 0 fully saturated rings. The summed E-state index contributed by atoms with van der Waals surface area (Å²) in [5, 5.41) is 4.21. The Balaban J connectivity index is 2.49. The Bertz CT molecular complexity index is 354. The average molecular weight is 195 g/mol. The van der Waals surface area contributed by atoms with Crippen molar-refractivity contribution in [3.05, 3.63) is 16.3 Å². The Kier molecular flexibility index (Phi) is 1.74. The molecule has 2 heterocycles. The van der Waals surface area contributed by atoms with Gasteiger partial charge in [0.15, 0.2) is 0 Å². The molecule has 0 aromatic carbocycles. The zero-order valence-corrected chi connectivity index (χ0v) is 8.94. The van der Waals surface area contributed by atoms with Crippen molar-refractivity contribution < 1.29 is 4.79 Å². The van der Waals surface area contributed by atoms with Crippen LogP contribution in [0.15, 0.2) is 10.8 Å². The standard InChI is InChI=1S/C10H13NOS/c1-7(12)11-6-10(2,3)8-4-13-5-9(8)11/h4-5H,6H2,1-3H3. The minimum atomic E-state index is 0.126. The van der Waals surface area contributed by atoms with Crippen LogP contribution in [0.1, 0.15) is 26.3 Å². The van der Waals surface area contributed by atoms with Gasteiger partial charge < -0.3 is 4.90 Å². The van der Waals surface area contributed by atoms with E-state index < -0.39 is 0 Å². The Labute approximate surface area is 82.2 Å². The van der Waals surface area contributed by atoms with Crippen molar-refractivity contribution in [1.82, 2.24) is 0 Å². The van der Waals surface area contributed by atoms with Crippen molar-refractivity contribution in [1.29, 1.82) is 0 Å². The molecule has 1 amide bonds. The highest BCUT2D eigenvalue weighted by Gasteiger charge is 2.37. The van der Waals surface area contributed by atoms with Crippen molar-refractivity contribution >= 4 is 22.9 Å². The summed E-state index contributed by atoms with van der Waals surface area (Å²) in [6.07, 6.45) is 0. The summed E-state index contributed by atoms with van der Waals surface area (Å²) >= 11 is 1.67. The topological polar surface area (TPSA) is 20.3 Å². The third kappa shape index (κ3) is 1.18. The fourth-order valence-electron chi connectivity index (χ4n) is 1.85. The Morgan fingerprint density at radius 3 is 2.85 bits per heavy atom. The Morgan fingerprint density at radius 2 is 2.23 bits per heavy atom. The van der Waals surface area contributed by atoms with E-state index in [2.05, 4.69) is 24.6 Å². The zero-order valence-electron chi connectivity index (χ0n) is 8.13. The number of nitrogens with zero attached hydrogens (tertiary/aromatic N) is 1. The van der Waals surface area contributed by atoms with Crippen LogP contribution in [-0.4, -0.2) is 12.5 Å².